The maximum absolute atomic E-state index is 12.2. The number of aromatic nitrogens is 2. The van der Waals surface area contributed by atoms with Crippen LogP contribution in [0.25, 0.3) is 10.9 Å². The number of benzene rings is 1. The van der Waals surface area contributed by atoms with Crippen LogP contribution >= 0.6 is 0 Å². The molecule has 0 spiro atoms. The first-order chi connectivity index (χ1) is 12.7. The third-order valence-corrected chi connectivity index (χ3v) is 4.69. The fourth-order valence-electron chi connectivity index (χ4n) is 3.40. The van der Waals surface area contributed by atoms with Crippen molar-refractivity contribution in [1.82, 2.24) is 14.9 Å². The Labute approximate surface area is 151 Å². The summed E-state index contributed by atoms with van der Waals surface area (Å²) in [6.07, 6.45) is 3.41. The van der Waals surface area contributed by atoms with Crippen molar-refractivity contribution >= 4 is 10.9 Å². The molecule has 1 N–H and O–H groups in total. The normalized spacial score (nSPS) is 17.8. The molecule has 6 heteroatoms. The molecule has 0 bridgehead atoms. The number of hydrogen-bond donors (Lipinski definition) is 1. The summed E-state index contributed by atoms with van der Waals surface area (Å²) >= 11 is 0. The lowest BCUT2D eigenvalue weighted by atomic mass is 10.1. The van der Waals surface area contributed by atoms with Crippen LogP contribution in [0.1, 0.15) is 42.7 Å². The molecule has 1 fully saturated rings. The minimum Gasteiger partial charge on any atom is -0.462 e. The summed E-state index contributed by atoms with van der Waals surface area (Å²) in [6, 6.07) is 11.4. The Morgan fingerprint density at radius 3 is 2.92 bits per heavy atom. The Balaban J connectivity index is 1.43. The number of nitrogens with zero attached hydrogens (tertiary/aromatic N) is 2. The summed E-state index contributed by atoms with van der Waals surface area (Å²) in [5.41, 5.74) is 0.614. The standard InChI is InChI=1S/C20H23N3O3/c1-23(12-14-9-10-18(26-14)17-8-4-5-11-25-17)13-19-21-16-7-3-2-6-15(16)20(24)22-19/h2-3,6-7,9-10,17H,4-5,8,11-13H2,1H3,(H,21,22,24)/t17-/m0/s1. The second kappa shape index (κ2) is 7.43. The number of furan rings is 1. The van der Waals surface area contributed by atoms with Gasteiger partial charge in [0.05, 0.1) is 24.0 Å². The van der Waals surface area contributed by atoms with Gasteiger partial charge in [-0.2, -0.15) is 0 Å². The number of nitrogens with one attached hydrogen (secondary N) is 1. The van der Waals surface area contributed by atoms with Crippen LogP contribution in [-0.4, -0.2) is 28.5 Å². The van der Waals surface area contributed by atoms with Crippen molar-refractivity contribution in [2.45, 2.75) is 38.5 Å². The Morgan fingerprint density at radius 1 is 1.19 bits per heavy atom. The van der Waals surface area contributed by atoms with Crippen molar-refractivity contribution in [1.29, 1.82) is 0 Å². The first kappa shape index (κ1) is 17.0. The second-order valence-electron chi connectivity index (χ2n) is 6.86. The smallest absolute Gasteiger partial charge is 0.258 e. The highest BCUT2D eigenvalue weighted by molar-refractivity contribution is 5.77. The molecule has 3 heterocycles. The summed E-state index contributed by atoms with van der Waals surface area (Å²) in [5.74, 6) is 2.45. The zero-order valence-electron chi connectivity index (χ0n) is 14.9. The monoisotopic (exact) mass is 353 g/mol. The number of aromatic amines is 1. The third kappa shape index (κ3) is 3.71. The molecule has 1 saturated heterocycles. The van der Waals surface area contributed by atoms with Crippen LogP contribution < -0.4 is 5.56 Å². The van der Waals surface area contributed by atoms with Gasteiger partial charge in [0.15, 0.2) is 0 Å². The molecule has 26 heavy (non-hydrogen) atoms. The van der Waals surface area contributed by atoms with Gasteiger partial charge in [0, 0.05) is 6.61 Å². The molecular weight excluding hydrogens is 330 g/mol. The quantitative estimate of drug-likeness (QED) is 0.761. The summed E-state index contributed by atoms with van der Waals surface area (Å²) < 4.78 is 11.7. The van der Waals surface area contributed by atoms with Gasteiger partial charge in [0.25, 0.3) is 5.56 Å². The van der Waals surface area contributed by atoms with Gasteiger partial charge in [-0.3, -0.25) is 9.69 Å². The largest absolute Gasteiger partial charge is 0.462 e. The van der Waals surface area contributed by atoms with E-state index in [2.05, 4.69) is 14.9 Å². The summed E-state index contributed by atoms with van der Waals surface area (Å²) in [6.45, 7) is 1.99. The Hall–Kier alpha value is -2.44. The van der Waals surface area contributed by atoms with E-state index >= 15 is 0 Å². The van der Waals surface area contributed by atoms with Gasteiger partial charge in [0.2, 0.25) is 0 Å². The molecule has 1 atom stereocenters. The highest BCUT2D eigenvalue weighted by Crippen LogP contribution is 2.29. The van der Waals surface area contributed by atoms with Crippen molar-refractivity contribution in [3.63, 3.8) is 0 Å². The maximum Gasteiger partial charge on any atom is 0.258 e. The van der Waals surface area contributed by atoms with Crippen molar-refractivity contribution in [2.24, 2.45) is 0 Å². The molecule has 2 aromatic heterocycles. The van der Waals surface area contributed by atoms with E-state index in [4.69, 9.17) is 9.15 Å². The predicted molar refractivity (Wildman–Crippen MR) is 98.8 cm³/mol. The predicted octanol–water partition coefficient (Wildman–Crippen LogP) is 3.39. The fraction of sp³-hybridized carbons (Fsp3) is 0.400. The van der Waals surface area contributed by atoms with E-state index in [1.54, 1.807) is 6.07 Å². The van der Waals surface area contributed by atoms with Gasteiger partial charge >= 0.3 is 0 Å². The van der Waals surface area contributed by atoms with Gasteiger partial charge in [-0.15, -0.1) is 0 Å². The SMILES string of the molecule is CN(Cc1nc2ccccc2c(=O)[nH]1)Cc1ccc([C@@H]2CCCCO2)o1. The zero-order chi connectivity index (χ0) is 17.9. The minimum atomic E-state index is -0.103. The molecule has 6 nitrogen and oxygen atoms in total. The molecule has 3 aromatic rings. The van der Waals surface area contributed by atoms with Crippen LogP contribution in [0.2, 0.25) is 0 Å². The van der Waals surface area contributed by atoms with Crippen LogP contribution in [0.4, 0.5) is 0 Å². The summed E-state index contributed by atoms with van der Waals surface area (Å²) in [7, 11) is 1.98. The second-order valence-corrected chi connectivity index (χ2v) is 6.86. The van der Waals surface area contributed by atoms with Crippen molar-refractivity contribution in [3.05, 3.63) is 64.1 Å². The van der Waals surface area contributed by atoms with Crippen molar-refractivity contribution in [3.8, 4) is 0 Å². The van der Waals surface area contributed by atoms with Gasteiger partial charge in [0.1, 0.15) is 23.4 Å². The van der Waals surface area contributed by atoms with Gasteiger partial charge in [-0.25, -0.2) is 4.98 Å². The number of ether oxygens (including phenoxy) is 1. The molecule has 0 saturated carbocycles. The van der Waals surface area contributed by atoms with Crippen LogP contribution in [0.3, 0.4) is 0 Å². The Kier molecular flexibility index (Phi) is 4.86. The topological polar surface area (TPSA) is 71.4 Å². The van der Waals surface area contributed by atoms with Gasteiger partial charge in [-0.05, 0) is 50.6 Å². The molecule has 1 aliphatic rings. The number of para-hydroxylation sites is 1. The molecule has 1 aromatic carbocycles. The van der Waals surface area contributed by atoms with E-state index in [0.29, 0.717) is 24.3 Å². The molecule has 4 rings (SSSR count). The average molecular weight is 353 g/mol. The number of hydrogen-bond acceptors (Lipinski definition) is 5. The first-order valence-electron chi connectivity index (χ1n) is 9.06. The molecule has 0 radical (unpaired) electrons. The lowest BCUT2D eigenvalue weighted by Crippen LogP contribution is -2.21. The molecule has 1 aliphatic heterocycles. The first-order valence-corrected chi connectivity index (χ1v) is 9.06. The lowest BCUT2D eigenvalue weighted by molar-refractivity contribution is 0.000900. The maximum atomic E-state index is 12.2. The average Bonchev–Trinajstić information content (AvgIpc) is 3.11. The van der Waals surface area contributed by atoms with Gasteiger partial charge in [-0.1, -0.05) is 12.1 Å². The van der Waals surface area contributed by atoms with Crippen LogP contribution in [0.5, 0.6) is 0 Å². The zero-order valence-corrected chi connectivity index (χ0v) is 14.9. The van der Waals surface area contributed by atoms with Crippen LogP contribution in [-0.2, 0) is 17.8 Å². The number of H-pyrrole nitrogens is 1. The summed E-state index contributed by atoms with van der Waals surface area (Å²) in [4.78, 5) is 21.7. The molecule has 0 unspecified atom stereocenters. The van der Waals surface area contributed by atoms with E-state index in [-0.39, 0.29) is 11.7 Å². The van der Waals surface area contributed by atoms with Gasteiger partial charge < -0.3 is 14.1 Å². The summed E-state index contributed by atoms with van der Waals surface area (Å²) in [5, 5.41) is 0.613. The van der Waals surface area contributed by atoms with E-state index in [1.807, 2.05) is 37.4 Å². The van der Waals surface area contributed by atoms with Crippen LogP contribution in [0, 0.1) is 0 Å². The molecular formula is C20H23N3O3. The minimum absolute atomic E-state index is 0.0846. The lowest BCUT2D eigenvalue weighted by Gasteiger charge is -2.20. The Bertz CT molecular complexity index is 941. The fourth-order valence-corrected chi connectivity index (χ4v) is 3.40. The van der Waals surface area contributed by atoms with Crippen LogP contribution in [0.15, 0.2) is 45.6 Å². The number of fused-ring (bicyclic) bond motifs is 1. The third-order valence-electron chi connectivity index (χ3n) is 4.69. The van der Waals surface area contributed by atoms with E-state index in [9.17, 15) is 4.79 Å². The molecule has 136 valence electrons. The highest BCUT2D eigenvalue weighted by Gasteiger charge is 2.19. The molecule has 0 aliphatic carbocycles. The Morgan fingerprint density at radius 2 is 2.08 bits per heavy atom. The molecule has 0 amide bonds. The highest BCUT2D eigenvalue weighted by atomic mass is 16.5. The van der Waals surface area contributed by atoms with E-state index < -0.39 is 0 Å². The van der Waals surface area contributed by atoms with Crippen molar-refractivity contribution in [2.75, 3.05) is 13.7 Å². The van der Waals surface area contributed by atoms with Crippen molar-refractivity contribution < 1.29 is 9.15 Å². The number of rotatable bonds is 5. The van der Waals surface area contributed by atoms with E-state index in [0.717, 1.165) is 36.5 Å². The van der Waals surface area contributed by atoms with E-state index in [1.165, 1.54) is 6.42 Å².